The van der Waals surface area contributed by atoms with Crippen LogP contribution < -0.4 is 10.6 Å². The molecule has 0 fully saturated rings. The number of fused-ring (bicyclic) bond motifs is 2. The Hall–Kier alpha value is -2.82. The van der Waals surface area contributed by atoms with E-state index in [2.05, 4.69) is 6.92 Å². The predicted molar refractivity (Wildman–Crippen MR) is 106 cm³/mol. The Morgan fingerprint density at radius 2 is 1.78 bits per heavy atom. The molecule has 2 N–H and O–H groups in total. The molecule has 0 bridgehead atoms. The SMILES string of the molecule is CCCC(CC)C(=O)O[C@H]1Cc2ccccc2N(C(N)=O)c2ccccc21. The molecule has 5 heteroatoms. The van der Waals surface area contributed by atoms with E-state index in [1.807, 2.05) is 55.5 Å². The Kier molecular flexibility index (Phi) is 5.79. The van der Waals surface area contributed by atoms with Crippen molar-refractivity contribution in [3.05, 3.63) is 59.7 Å². The highest BCUT2D eigenvalue weighted by molar-refractivity contribution is 6.00. The number of carbonyl (C=O) groups excluding carboxylic acids is 2. The highest BCUT2D eigenvalue weighted by atomic mass is 16.5. The molecule has 0 saturated carbocycles. The van der Waals surface area contributed by atoms with Crippen LogP contribution in [-0.4, -0.2) is 12.0 Å². The number of nitrogens with two attached hydrogens (primary N) is 1. The fraction of sp³-hybridized carbons (Fsp3) is 0.364. The number of rotatable bonds is 5. The predicted octanol–water partition coefficient (Wildman–Crippen LogP) is 4.87. The molecule has 0 radical (unpaired) electrons. The molecule has 1 heterocycles. The number of esters is 1. The summed E-state index contributed by atoms with van der Waals surface area (Å²) in [5, 5.41) is 0. The molecule has 2 atom stereocenters. The van der Waals surface area contributed by atoms with Crippen LogP contribution in [0.4, 0.5) is 16.2 Å². The van der Waals surface area contributed by atoms with Gasteiger partial charge < -0.3 is 10.5 Å². The van der Waals surface area contributed by atoms with Gasteiger partial charge in [-0.2, -0.15) is 0 Å². The maximum atomic E-state index is 12.8. The molecule has 0 spiro atoms. The highest BCUT2D eigenvalue weighted by Gasteiger charge is 2.32. The standard InChI is InChI=1S/C22H26N2O3/c1-3-9-15(4-2)21(25)27-20-14-16-10-5-7-12-18(16)24(22(23)26)19-13-8-6-11-17(19)20/h5-8,10-13,15,20H,3-4,9,14H2,1-2H3,(H2,23,26)/t15?,20-/m0/s1. The molecule has 0 aromatic heterocycles. The summed E-state index contributed by atoms with van der Waals surface area (Å²) in [5.74, 6) is -0.280. The van der Waals surface area contributed by atoms with Gasteiger partial charge in [0.2, 0.25) is 0 Å². The number of anilines is 2. The zero-order chi connectivity index (χ0) is 19.4. The lowest BCUT2D eigenvalue weighted by Gasteiger charge is -2.24. The topological polar surface area (TPSA) is 72.6 Å². The fourth-order valence-electron chi connectivity index (χ4n) is 3.72. The Bertz CT molecular complexity index is 834. The van der Waals surface area contributed by atoms with Gasteiger partial charge in [0.05, 0.1) is 17.3 Å². The maximum Gasteiger partial charge on any atom is 0.323 e. The lowest BCUT2D eigenvalue weighted by atomic mass is 9.99. The zero-order valence-electron chi connectivity index (χ0n) is 15.9. The van der Waals surface area contributed by atoms with E-state index in [1.54, 1.807) is 0 Å². The molecule has 0 saturated heterocycles. The van der Waals surface area contributed by atoms with Crippen molar-refractivity contribution in [1.82, 2.24) is 0 Å². The van der Waals surface area contributed by atoms with Crippen LogP contribution in [0.25, 0.3) is 0 Å². The number of hydrogen-bond acceptors (Lipinski definition) is 3. The van der Waals surface area contributed by atoms with Crippen molar-refractivity contribution in [2.45, 2.75) is 45.6 Å². The normalized spacial score (nSPS) is 16.7. The van der Waals surface area contributed by atoms with Gasteiger partial charge in [-0.25, -0.2) is 4.79 Å². The molecule has 5 nitrogen and oxygen atoms in total. The molecule has 1 unspecified atom stereocenters. The largest absolute Gasteiger partial charge is 0.457 e. The zero-order valence-corrected chi connectivity index (χ0v) is 15.9. The van der Waals surface area contributed by atoms with E-state index in [9.17, 15) is 9.59 Å². The highest BCUT2D eigenvalue weighted by Crippen LogP contribution is 2.41. The Morgan fingerprint density at radius 3 is 2.44 bits per heavy atom. The van der Waals surface area contributed by atoms with Gasteiger partial charge in [-0.15, -0.1) is 0 Å². The van der Waals surface area contributed by atoms with E-state index in [1.165, 1.54) is 4.90 Å². The number of primary amides is 1. The van der Waals surface area contributed by atoms with E-state index in [-0.39, 0.29) is 11.9 Å². The molecule has 1 aliphatic rings. The van der Waals surface area contributed by atoms with Gasteiger partial charge in [-0.3, -0.25) is 9.69 Å². The van der Waals surface area contributed by atoms with Crippen LogP contribution in [0.5, 0.6) is 0 Å². The van der Waals surface area contributed by atoms with E-state index in [4.69, 9.17) is 10.5 Å². The number of benzene rings is 2. The summed E-state index contributed by atoms with van der Waals surface area (Å²) in [6.45, 7) is 4.07. The second kappa shape index (κ2) is 8.25. The van der Waals surface area contributed by atoms with E-state index < -0.39 is 12.1 Å². The third kappa shape index (κ3) is 3.82. The number of ether oxygens (including phenoxy) is 1. The molecule has 1 aliphatic heterocycles. The van der Waals surface area contributed by atoms with E-state index in [0.717, 1.165) is 36.1 Å². The average molecular weight is 366 g/mol. The summed E-state index contributed by atoms with van der Waals surface area (Å²) in [7, 11) is 0. The van der Waals surface area contributed by atoms with Crippen molar-refractivity contribution < 1.29 is 14.3 Å². The maximum absolute atomic E-state index is 12.8. The molecular weight excluding hydrogens is 340 g/mol. The van der Waals surface area contributed by atoms with Crippen molar-refractivity contribution in [2.24, 2.45) is 11.7 Å². The number of hydrogen-bond donors (Lipinski definition) is 1. The second-order valence-electron chi connectivity index (χ2n) is 6.88. The summed E-state index contributed by atoms with van der Waals surface area (Å²) >= 11 is 0. The lowest BCUT2D eigenvalue weighted by Crippen LogP contribution is -2.32. The first kappa shape index (κ1) is 19.0. The van der Waals surface area contributed by atoms with Crippen LogP contribution in [0, 0.1) is 5.92 Å². The quantitative estimate of drug-likeness (QED) is 0.767. The lowest BCUT2D eigenvalue weighted by molar-refractivity contribution is -0.154. The summed E-state index contributed by atoms with van der Waals surface area (Å²) in [6, 6.07) is 14.5. The number of carbonyl (C=O) groups is 2. The molecular formula is C22H26N2O3. The smallest absolute Gasteiger partial charge is 0.323 e. The number of para-hydroxylation sites is 2. The van der Waals surface area contributed by atoms with Crippen molar-refractivity contribution in [3.8, 4) is 0 Å². The minimum absolute atomic E-state index is 0.104. The third-order valence-electron chi connectivity index (χ3n) is 5.10. The summed E-state index contributed by atoms with van der Waals surface area (Å²) in [4.78, 5) is 26.5. The summed E-state index contributed by atoms with van der Waals surface area (Å²) < 4.78 is 5.97. The minimum atomic E-state index is -0.556. The van der Waals surface area contributed by atoms with Gasteiger partial charge in [0.25, 0.3) is 0 Å². The van der Waals surface area contributed by atoms with Crippen LogP contribution in [0.15, 0.2) is 48.5 Å². The molecule has 0 aliphatic carbocycles. The molecule has 3 rings (SSSR count). The van der Waals surface area contributed by atoms with Gasteiger partial charge >= 0.3 is 12.0 Å². The van der Waals surface area contributed by atoms with Gasteiger partial charge in [0.15, 0.2) is 0 Å². The van der Waals surface area contributed by atoms with E-state index in [0.29, 0.717) is 12.1 Å². The first-order chi connectivity index (χ1) is 13.1. The van der Waals surface area contributed by atoms with Crippen LogP contribution in [0.3, 0.4) is 0 Å². The number of amides is 2. The second-order valence-corrected chi connectivity index (χ2v) is 6.88. The molecule has 2 amide bonds. The van der Waals surface area contributed by atoms with Crippen LogP contribution in [-0.2, 0) is 16.0 Å². The minimum Gasteiger partial charge on any atom is -0.457 e. The third-order valence-corrected chi connectivity index (χ3v) is 5.10. The van der Waals surface area contributed by atoms with E-state index >= 15 is 0 Å². The van der Waals surface area contributed by atoms with Crippen LogP contribution >= 0.6 is 0 Å². The van der Waals surface area contributed by atoms with Gasteiger partial charge in [-0.1, -0.05) is 56.7 Å². The number of nitrogens with zero attached hydrogens (tertiary/aromatic N) is 1. The average Bonchev–Trinajstić information content (AvgIpc) is 2.80. The van der Waals surface area contributed by atoms with Crippen molar-refractivity contribution in [2.75, 3.05) is 4.90 Å². The van der Waals surface area contributed by atoms with Crippen molar-refractivity contribution >= 4 is 23.4 Å². The molecule has 2 aromatic rings. The Morgan fingerprint density at radius 1 is 1.11 bits per heavy atom. The Balaban J connectivity index is 2.04. The fourth-order valence-corrected chi connectivity index (χ4v) is 3.72. The van der Waals surface area contributed by atoms with Gasteiger partial charge in [0.1, 0.15) is 6.10 Å². The Labute approximate surface area is 160 Å². The number of urea groups is 1. The van der Waals surface area contributed by atoms with Crippen molar-refractivity contribution in [1.29, 1.82) is 0 Å². The summed E-state index contributed by atoms with van der Waals surface area (Å²) in [5.41, 5.74) is 8.82. The molecule has 2 aromatic carbocycles. The molecule has 27 heavy (non-hydrogen) atoms. The van der Waals surface area contributed by atoms with Crippen LogP contribution in [0.1, 0.15) is 50.3 Å². The van der Waals surface area contributed by atoms with Gasteiger partial charge in [0, 0.05) is 12.0 Å². The first-order valence-corrected chi connectivity index (χ1v) is 9.53. The van der Waals surface area contributed by atoms with Gasteiger partial charge in [-0.05, 0) is 30.5 Å². The van der Waals surface area contributed by atoms with Crippen molar-refractivity contribution in [3.63, 3.8) is 0 Å². The summed E-state index contributed by atoms with van der Waals surface area (Å²) in [6.07, 6.45) is 2.56. The van der Waals surface area contributed by atoms with Crippen LogP contribution in [0.2, 0.25) is 0 Å². The first-order valence-electron chi connectivity index (χ1n) is 9.53. The molecule has 142 valence electrons. The monoisotopic (exact) mass is 366 g/mol.